The first-order valence-electron chi connectivity index (χ1n) is 7.35. The molecule has 0 aliphatic carbocycles. The van der Waals surface area contributed by atoms with E-state index in [1.165, 1.54) is 0 Å². The Morgan fingerprint density at radius 1 is 1.52 bits per heavy atom. The van der Waals surface area contributed by atoms with E-state index in [2.05, 4.69) is 5.10 Å². The Balaban J connectivity index is 2.35. The third-order valence-corrected chi connectivity index (χ3v) is 3.79. The highest BCUT2D eigenvalue weighted by Crippen LogP contribution is 2.31. The summed E-state index contributed by atoms with van der Waals surface area (Å²) in [5.41, 5.74) is 0.505. The summed E-state index contributed by atoms with van der Waals surface area (Å²) in [6, 6.07) is 1.91. The fraction of sp³-hybridized carbons (Fsp3) is 0.667. The lowest BCUT2D eigenvalue weighted by molar-refractivity contribution is -0.169. The van der Waals surface area contributed by atoms with Crippen molar-refractivity contribution in [2.75, 3.05) is 19.8 Å². The first kappa shape index (κ1) is 15.7. The molecule has 21 heavy (non-hydrogen) atoms. The van der Waals surface area contributed by atoms with Crippen LogP contribution in [0.3, 0.4) is 0 Å². The summed E-state index contributed by atoms with van der Waals surface area (Å²) in [5, 5.41) is 4.37. The van der Waals surface area contributed by atoms with E-state index in [1.807, 2.05) is 24.6 Å². The Morgan fingerprint density at radius 2 is 2.29 bits per heavy atom. The topological polar surface area (TPSA) is 70.4 Å². The highest BCUT2D eigenvalue weighted by Gasteiger charge is 2.49. The Bertz CT molecular complexity index is 538. The number of aromatic nitrogens is 2. The molecule has 0 radical (unpaired) electrons. The normalized spacial score (nSPS) is 22.3. The molecule has 1 aromatic heterocycles. The summed E-state index contributed by atoms with van der Waals surface area (Å²) >= 11 is 0. The van der Waals surface area contributed by atoms with Gasteiger partial charge in [-0.05, 0) is 26.8 Å². The van der Waals surface area contributed by atoms with E-state index in [4.69, 9.17) is 9.47 Å². The number of ether oxygens (including phenoxy) is 2. The number of hydrogen-bond acceptors (Lipinski definition) is 5. The standard InChI is InChI=1S/C15H22N2O4/c1-4-17-12(8-11(3)16-17)9-15(14(19)21-5-2)10-20-7-6-13(15)18/h8H,4-7,9-10H2,1-3H3. The van der Waals surface area contributed by atoms with Crippen molar-refractivity contribution >= 4 is 11.8 Å². The van der Waals surface area contributed by atoms with Gasteiger partial charge in [-0.15, -0.1) is 0 Å². The van der Waals surface area contributed by atoms with Crippen LogP contribution in [0.15, 0.2) is 6.07 Å². The molecule has 1 fully saturated rings. The predicted molar refractivity (Wildman–Crippen MR) is 75.9 cm³/mol. The van der Waals surface area contributed by atoms with Crippen LogP contribution in [0.5, 0.6) is 0 Å². The van der Waals surface area contributed by atoms with Gasteiger partial charge in [-0.25, -0.2) is 0 Å². The van der Waals surface area contributed by atoms with Gasteiger partial charge in [0.25, 0.3) is 0 Å². The van der Waals surface area contributed by atoms with E-state index < -0.39 is 11.4 Å². The van der Waals surface area contributed by atoms with E-state index in [-0.39, 0.29) is 31.8 Å². The minimum atomic E-state index is -1.23. The van der Waals surface area contributed by atoms with Gasteiger partial charge in [-0.1, -0.05) is 0 Å². The molecular formula is C15H22N2O4. The highest BCUT2D eigenvalue weighted by atomic mass is 16.5. The van der Waals surface area contributed by atoms with Gasteiger partial charge in [0.05, 0.1) is 25.5 Å². The van der Waals surface area contributed by atoms with Gasteiger partial charge in [-0.2, -0.15) is 5.10 Å². The van der Waals surface area contributed by atoms with Crippen molar-refractivity contribution in [3.05, 3.63) is 17.5 Å². The second-order valence-corrected chi connectivity index (χ2v) is 5.30. The molecule has 1 saturated heterocycles. The third kappa shape index (κ3) is 3.00. The van der Waals surface area contributed by atoms with Crippen LogP contribution >= 0.6 is 0 Å². The lowest BCUT2D eigenvalue weighted by Crippen LogP contribution is -2.50. The van der Waals surface area contributed by atoms with Crippen LogP contribution in [-0.2, 0) is 32.0 Å². The highest BCUT2D eigenvalue weighted by molar-refractivity contribution is 6.04. The van der Waals surface area contributed by atoms with Gasteiger partial charge in [-0.3, -0.25) is 14.3 Å². The summed E-state index contributed by atoms with van der Waals surface area (Å²) in [6.07, 6.45) is 0.525. The molecule has 0 amide bonds. The average molecular weight is 294 g/mol. The van der Waals surface area contributed by atoms with E-state index in [0.717, 1.165) is 11.4 Å². The average Bonchev–Trinajstić information content (AvgIpc) is 2.81. The molecule has 0 aromatic carbocycles. The summed E-state index contributed by atoms with van der Waals surface area (Å²) in [5.74, 6) is -0.593. The first-order valence-corrected chi connectivity index (χ1v) is 7.35. The van der Waals surface area contributed by atoms with Crippen LogP contribution < -0.4 is 0 Å². The van der Waals surface area contributed by atoms with Crippen molar-refractivity contribution in [2.24, 2.45) is 5.41 Å². The lowest BCUT2D eigenvalue weighted by Gasteiger charge is -2.33. The molecule has 116 valence electrons. The van der Waals surface area contributed by atoms with Gasteiger partial charge in [0.1, 0.15) is 0 Å². The SMILES string of the molecule is CCOC(=O)C1(Cc2cc(C)nn2CC)COCCC1=O. The zero-order valence-electron chi connectivity index (χ0n) is 12.8. The molecule has 0 N–H and O–H groups in total. The Kier molecular flexibility index (Phi) is 4.77. The number of aryl methyl sites for hydroxylation is 2. The first-order chi connectivity index (χ1) is 10.0. The minimum Gasteiger partial charge on any atom is -0.465 e. The molecule has 1 atom stereocenters. The third-order valence-electron chi connectivity index (χ3n) is 3.79. The zero-order valence-corrected chi connectivity index (χ0v) is 12.8. The fourth-order valence-corrected chi connectivity index (χ4v) is 2.72. The predicted octanol–water partition coefficient (Wildman–Crippen LogP) is 1.29. The summed E-state index contributed by atoms with van der Waals surface area (Å²) in [4.78, 5) is 24.8. The molecular weight excluding hydrogens is 272 g/mol. The number of nitrogens with zero attached hydrogens (tertiary/aromatic N) is 2. The lowest BCUT2D eigenvalue weighted by atomic mass is 9.77. The Labute approximate surface area is 124 Å². The molecule has 0 bridgehead atoms. The summed E-state index contributed by atoms with van der Waals surface area (Å²) in [7, 11) is 0. The Hall–Kier alpha value is -1.69. The van der Waals surface area contributed by atoms with Crippen molar-refractivity contribution in [2.45, 2.75) is 40.2 Å². The Morgan fingerprint density at radius 3 is 2.90 bits per heavy atom. The number of esters is 1. The van der Waals surface area contributed by atoms with Crippen molar-refractivity contribution in [3.63, 3.8) is 0 Å². The number of rotatable bonds is 5. The maximum absolute atomic E-state index is 12.4. The molecule has 1 unspecified atom stereocenters. The summed E-state index contributed by atoms with van der Waals surface area (Å²) < 4.78 is 12.4. The number of carbonyl (C=O) groups excluding carboxylic acids is 2. The number of carbonyl (C=O) groups is 2. The maximum atomic E-state index is 12.4. The van der Waals surface area contributed by atoms with Crippen LogP contribution in [-0.4, -0.2) is 41.4 Å². The molecule has 1 aromatic rings. The molecule has 1 aliphatic heterocycles. The van der Waals surface area contributed by atoms with Gasteiger partial charge < -0.3 is 9.47 Å². The van der Waals surface area contributed by atoms with Gasteiger partial charge in [0.2, 0.25) is 0 Å². The molecule has 2 rings (SSSR count). The van der Waals surface area contributed by atoms with Crippen molar-refractivity contribution in [1.82, 2.24) is 9.78 Å². The van der Waals surface area contributed by atoms with Gasteiger partial charge in [0.15, 0.2) is 11.2 Å². The van der Waals surface area contributed by atoms with E-state index in [9.17, 15) is 9.59 Å². The smallest absolute Gasteiger partial charge is 0.322 e. The second kappa shape index (κ2) is 6.39. The number of hydrogen-bond donors (Lipinski definition) is 0. The second-order valence-electron chi connectivity index (χ2n) is 5.30. The largest absolute Gasteiger partial charge is 0.465 e. The molecule has 6 nitrogen and oxygen atoms in total. The van der Waals surface area contributed by atoms with Crippen LogP contribution in [0, 0.1) is 12.3 Å². The van der Waals surface area contributed by atoms with Crippen molar-refractivity contribution < 1.29 is 19.1 Å². The number of ketones is 1. The van der Waals surface area contributed by atoms with Crippen molar-refractivity contribution in [1.29, 1.82) is 0 Å². The van der Waals surface area contributed by atoms with Crippen LogP contribution in [0.4, 0.5) is 0 Å². The van der Waals surface area contributed by atoms with Crippen LogP contribution in [0.25, 0.3) is 0 Å². The van der Waals surface area contributed by atoms with E-state index in [0.29, 0.717) is 13.2 Å². The van der Waals surface area contributed by atoms with E-state index >= 15 is 0 Å². The van der Waals surface area contributed by atoms with Crippen molar-refractivity contribution in [3.8, 4) is 0 Å². The maximum Gasteiger partial charge on any atom is 0.322 e. The molecule has 6 heteroatoms. The fourth-order valence-electron chi connectivity index (χ4n) is 2.72. The monoisotopic (exact) mass is 294 g/mol. The molecule has 1 aliphatic rings. The zero-order chi connectivity index (χ0) is 15.5. The van der Waals surface area contributed by atoms with Gasteiger partial charge >= 0.3 is 5.97 Å². The molecule has 2 heterocycles. The number of Topliss-reactive ketones (excluding diaryl/α,β-unsaturated/α-hetero) is 1. The van der Waals surface area contributed by atoms with Crippen LogP contribution in [0.2, 0.25) is 0 Å². The minimum absolute atomic E-state index is 0.0820. The molecule has 0 saturated carbocycles. The molecule has 0 spiro atoms. The summed E-state index contributed by atoms with van der Waals surface area (Å²) in [6.45, 7) is 7.00. The van der Waals surface area contributed by atoms with Gasteiger partial charge in [0, 0.05) is 25.1 Å². The van der Waals surface area contributed by atoms with Crippen LogP contribution in [0.1, 0.15) is 31.7 Å². The van der Waals surface area contributed by atoms with E-state index in [1.54, 1.807) is 6.92 Å². The quantitative estimate of drug-likeness (QED) is 0.604.